The van der Waals surface area contributed by atoms with Crippen LogP contribution in [-0.4, -0.2) is 50.7 Å². The van der Waals surface area contributed by atoms with E-state index in [1.165, 1.54) is 13.1 Å². The molecule has 3 unspecified atom stereocenters. The first-order valence-corrected chi connectivity index (χ1v) is 10.6. The van der Waals surface area contributed by atoms with Crippen LogP contribution >= 0.6 is 0 Å². The average molecular weight is 441 g/mol. The number of rotatable bonds is 6. The van der Waals surface area contributed by atoms with Gasteiger partial charge in [0.2, 0.25) is 0 Å². The van der Waals surface area contributed by atoms with Gasteiger partial charge in [0.05, 0.1) is 34.7 Å². The number of fused-ring (bicyclic) bond motifs is 1. The van der Waals surface area contributed by atoms with Gasteiger partial charge in [0.25, 0.3) is 5.91 Å². The van der Waals surface area contributed by atoms with Crippen LogP contribution in [0.15, 0.2) is 41.4 Å². The molecule has 1 amide bonds. The summed E-state index contributed by atoms with van der Waals surface area (Å²) in [7, 11) is 0.249. The summed E-state index contributed by atoms with van der Waals surface area (Å²) < 4.78 is 51.6. The highest BCUT2D eigenvalue weighted by Crippen LogP contribution is 2.42. The average Bonchev–Trinajstić information content (AvgIpc) is 3.06. The van der Waals surface area contributed by atoms with Crippen LogP contribution in [0.3, 0.4) is 0 Å². The molecule has 1 aromatic heterocycles. The van der Waals surface area contributed by atoms with Crippen molar-refractivity contribution in [3.63, 3.8) is 0 Å². The third-order valence-electron chi connectivity index (χ3n) is 4.99. The van der Waals surface area contributed by atoms with Crippen molar-refractivity contribution in [2.75, 3.05) is 19.4 Å². The van der Waals surface area contributed by atoms with Crippen LogP contribution in [0, 0.1) is 0 Å². The molecule has 6 nitrogen and oxygen atoms in total. The van der Waals surface area contributed by atoms with E-state index in [0.29, 0.717) is 21.8 Å². The standard InChI is InChI=1S/C20H22F3N3O3S/c1-3-30(29)15-6-4-12(5-7-15)16(11-27)25-19(28)13-8-14-10-26(2)18(20(21,22)23)17(14)24-9-13/h4-9,16,18,27H,3,10-11H2,1-2H3,(H,25,28). The van der Waals surface area contributed by atoms with Gasteiger partial charge in [-0.15, -0.1) is 0 Å². The fraction of sp³-hybridized carbons (Fsp3) is 0.400. The molecule has 2 N–H and O–H groups in total. The normalized spacial score (nSPS) is 18.7. The van der Waals surface area contributed by atoms with Crippen molar-refractivity contribution >= 4 is 16.7 Å². The zero-order chi connectivity index (χ0) is 22.1. The highest BCUT2D eigenvalue weighted by Gasteiger charge is 2.48. The van der Waals surface area contributed by atoms with E-state index in [-0.39, 0.29) is 24.4 Å². The Balaban J connectivity index is 1.77. The van der Waals surface area contributed by atoms with E-state index < -0.39 is 35.0 Å². The fourth-order valence-corrected chi connectivity index (χ4v) is 4.26. The predicted octanol–water partition coefficient (Wildman–Crippen LogP) is 2.72. The first-order chi connectivity index (χ1) is 14.2. The minimum Gasteiger partial charge on any atom is -0.394 e. The Morgan fingerprint density at radius 3 is 2.60 bits per heavy atom. The number of hydrogen-bond acceptors (Lipinski definition) is 5. The third-order valence-corrected chi connectivity index (χ3v) is 6.31. The van der Waals surface area contributed by atoms with E-state index in [4.69, 9.17) is 0 Å². The summed E-state index contributed by atoms with van der Waals surface area (Å²) in [5.74, 6) is -0.0708. The first kappa shape index (κ1) is 22.4. The number of hydrogen-bond donors (Lipinski definition) is 2. The number of nitrogens with one attached hydrogen (secondary N) is 1. The molecule has 0 aliphatic carbocycles. The summed E-state index contributed by atoms with van der Waals surface area (Å²) >= 11 is 0. The summed E-state index contributed by atoms with van der Waals surface area (Å²) in [4.78, 5) is 18.3. The number of halogens is 3. The van der Waals surface area contributed by atoms with Crippen LogP contribution in [0.25, 0.3) is 0 Å². The van der Waals surface area contributed by atoms with Gasteiger partial charge in [-0.1, -0.05) is 19.1 Å². The maximum Gasteiger partial charge on any atom is 0.409 e. The van der Waals surface area contributed by atoms with E-state index >= 15 is 0 Å². The number of aliphatic hydroxyl groups excluding tert-OH is 1. The molecule has 162 valence electrons. The molecule has 3 atom stereocenters. The number of alkyl halides is 3. The van der Waals surface area contributed by atoms with Crippen molar-refractivity contribution < 1.29 is 27.3 Å². The number of amides is 1. The fourth-order valence-electron chi connectivity index (χ4n) is 3.49. The molecule has 1 aliphatic heterocycles. The molecule has 0 radical (unpaired) electrons. The Bertz CT molecular complexity index is 951. The monoisotopic (exact) mass is 441 g/mol. The Labute approximate surface area is 174 Å². The quantitative estimate of drug-likeness (QED) is 0.721. The van der Waals surface area contributed by atoms with Gasteiger partial charge in [-0.2, -0.15) is 13.2 Å². The SMILES string of the molecule is CCS(=O)c1ccc(C(CO)NC(=O)c2cnc3c(c2)CN(C)C3C(F)(F)F)cc1. The maximum atomic E-state index is 13.2. The summed E-state index contributed by atoms with van der Waals surface area (Å²) in [6, 6.07) is 5.59. The largest absolute Gasteiger partial charge is 0.409 e. The number of benzene rings is 1. The Morgan fingerprint density at radius 2 is 2.03 bits per heavy atom. The van der Waals surface area contributed by atoms with Crippen LogP contribution in [0.2, 0.25) is 0 Å². The van der Waals surface area contributed by atoms with Gasteiger partial charge >= 0.3 is 6.18 Å². The number of carbonyl (C=O) groups is 1. The summed E-state index contributed by atoms with van der Waals surface area (Å²) in [5.41, 5.74) is 0.986. The second-order valence-electron chi connectivity index (χ2n) is 7.04. The lowest BCUT2D eigenvalue weighted by atomic mass is 10.1. The van der Waals surface area contributed by atoms with E-state index in [2.05, 4.69) is 10.3 Å². The number of aromatic nitrogens is 1. The number of pyridine rings is 1. The van der Waals surface area contributed by atoms with Gasteiger partial charge in [0, 0.05) is 23.4 Å². The highest BCUT2D eigenvalue weighted by molar-refractivity contribution is 7.85. The lowest BCUT2D eigenvalue weighted by Crippen LogP contribution is -2.31. The molecule has 0 saturated heterocycles. The van der Waals surface area contributed by atoms with Crippen LogP contribution < -0.4 is 5.32 Å². The van der Waals surface area contributed by atoms with Gasteiger partial charge < -0.3 is 10.4 Å². The van der Waals surface area contributed by atoms with Crippen molar-refractivity contribution in [3.8, 4) is 0 Å². The summed E-state index contributed by atoms with van der Waals surface area (Å²) in [6.07, 6.45) is -3.33. The van der Waals surface area contributed by atoms with Crippen molar-refractivity contribution in [2.24, 2.45) is 0 Å². The smallest absolute Gasteiger partial charge is 0.394 e. The molecule has 3 rings (SSSR count). The Hall–Kier alpha value is -2.30. The van der Waals surface area contributed by atoms with Crippen molar-refractivity contribution in [2.45, 2.75) is 36.6 Å². The Kier molecular flexibility index (Phi) is 6.59. The predicted molar refractivity (Wildman–Crippen MR) is 105 cm³/mol. The van der Waals surface area contributed by atoms with E-state index in [1.54, 1.807) is 31.2 Å². The van der Waals surface area contributed by atoms with E-state index in [0.717, 1.165) is 11.1 Å². The molecule has 0 saturated carbocycles. The minimum atomic E-state index is -4.45. The molecule has 0 spiro atoms. The molecule has 0 bridgehead atoms. The van der Waals surface area contributed by atoms with Crippen LogP contribution in [0.1, 0.15) is 46.2 Å². The van der Waals surface area contributed by atoms with Gasteiger partial charge in [0.15, 0.2) is 0 Å². The minimum absolute atomic E-state index is 0.0348. The number of nitrogens with zero attached hydrogens (tertiary/aromatic N) is 2. The molecular formula is C20H22F3N3O3S. The lowest BCUT2D eigenvalue weighted by molar-refractivity contribution is -0.180. The lowest BCUT2D eigenvalue weighted by Gasteiger charge is -2.22. The molecule has 2 aromatic rings. The topological polar surface area (TPSA) is 82.5 Å². The summed E-state index contributed by atoms with van der Waals surface area (Å²) in [6.45, 7) is 1.46. The van der Waals surface area contributed by atoms with Gasteiger partial charge in [-0.25, -0.2) is 0 Å². The van der Waals surface area contributed by atoms with Gasteiger partial charge in [0.1, 0.15) is 6.04 Å². The Morgan fingerprint density at radius 1 is 1.37 bits per heavy atom. The van der Waals surface area contributed by atoms with E-state index in [9.17, 15) is 27.3 Å². The number of aliphatic hydroxyl groups is 1. The van der Waals surface area contributed by atoms with E-state index in [1.807, 2.05) is 0 Å². The first-order valence-electron chi connectivity index (χ1n) is 9.31. The zero-order valence-corrected chi connectivity index (χ0v) is 17.3. The molecular weight excluding hydrogens is 419 g/mol. The highest BCUT2D eigenvalue weighted by atomic mass is 32.2. The van der Waals surface area contributed by atoms with Gasteiger partial charge in [-0.3, -0.25) is 18.9 Å². The molecule has 1 aliphatic rings. The maximum absolute atomic E-state index is 13.2. The van der Waals surface area contributed by atoms with Gasteiger partial charge in [-0.05, 0) is 36.4 Å². The molecule has 10 heteroatoms. The zero-order valence-electron chi connectivity index (χ0n) is 16.4. The molecule has 2 heterocycles. The van der Waals surface area contributed by atoms with Crippen LogP contribution in [0.4, 0.5) is 13.2 Å². The van der Waals surface area contributed by atoms with Crippen LogP contribution in [-0.2, 0) is 17.3 Å². The third kappa shape index (κ3) is 4.55. The summed E-state index contributed by atoms with van der Waals surface area (Å²) in [5, 5.41) is 12.4. The van der Waals surface area contributed by atoms with Crippen molar-refractivity contribution in [1.29, 1.82) is 0 Å². The molecule has 0 fully saturated rings. The molecule has 1 aromatic carbocycles. The molecule has 30 heavy (non-hydrogen) atoms. The second-order valence-corrected chi connectivity index (χ2v) is 8.78. The van der Waals surface area contributed by atoms with Crippen molar-refractivity contribution in [1.82, 2.24) is 15.2 Å². The van der Waals surface area contributed by atoms with Crippen LogP contribution in [0.5, 0.6) is 0 Å². The van der Waals surface area contributed by atoms with Crippen molar-refractivity contribution in [3.05, 3.63) is 58.9 Å². The second kappa shape index (κ2) is 8.83. The number of carbonyl (C=O) groups excluding carboxylic acids is 1.